The van der Waals surface area contributed by atoms with Crippen molar-refractivity contribution in [3.05, 3.63) is 22.4 Å². The normalized spacial score (nSPS) is 11.2. The molecule has 0 unspecified atom stereocenters. The first-order chi connectivity index (χ1) is 6.14. The first-order valence-electron chi connectivity index (χ1n) is 4.27. The summed E-state index contributed by atoms with van der Waals surface area (Å²) in [6.07, 6.45) is 0. The van der Waals surface area contributed by atoms with Crippen LogP contribution in [0.1, 0.15) is 19.4 Å². The zero-order chi connectivity index (χ0) is 9.73. The number of hydrogen-bond donors (Lipinski definition) is 1. The lowest BCUT2D eigenvalue weighted by molar-refractivity contribution is 0.445. The molecule has 0 aliphatic rings. The van der Waals surface area contributed by atoms with Crippen molar-refractivity contribution in [3.63, 3.8) is 0 Å². The SMILES string of the molecule is CC(C)(C#N)CNCc1ccsc1. The van der Waals surface area contributed by atoms with Crippen LogP contribution in [0.3, 0.4) is 0 Å². The fourth-order valence-electron chi connectivity index (χ4n) is 0.952. The Labute approximate surface area is 83.2 Å². The van der Waals surface area contributed by atoms with Crippen molar-refractivity contribution in [2.75, 3.05) is 6.54 Å². The predicted molar refractivity (Wildman–Crippen MR) is 55.4 cm³/mol. The molecule has 0 fully saturated rings. The Hall–Kier alpha value is -0.850. The number of nitriles is 1. The van der Waals surface area contributed by atoms with Crippen molar-refractivity contribution in [1.82, 2.24) is 5.32 Å². The van der Waals surface area contributed by atoms with Crippen molar-refractivity contribution >= 4 is 11.3 Å². The highest BCUT2D eigenvalue weighted by molar-refractivity contribution is 7.07. The van der Waals surface area contributed by atoms with E-state index in [1.165, 1.54) is 5.56 Å². The zero-order valence-corrected chi connectivity index (χ0v) is 8.82. The average molecular weight is 194 g/mol. The van der Waals surface area contributed by atoms with Crippen molar-refractivity contribution in [2.45, 2.75) is 20.4 Å². The number of nitrogens with zero attached hydrogens (tertiary/aromatic N) is 1. The van der Waals surface area contributed by atoms with Crippen LogP contribution < -0.4 is 5.32 Å². The molecular formula is C10H14N2S. The van der Waals surface area contributed by atoms with E-state index in [4.69, 9.17) is 5.26 Å². The topological polar surface area (TPSA) is 35.8 Å². The Balaban J connectivity index is 2.26. The summed E-state index contributed by atoms with van der Waals surface area (Å²) in [5.41, 5.74) is 1.02. The minimum absolute atomic E-state index is 0.268. The summed E-state index contributed by atoms with van der Waals surface area (Å²) in [6, 6.07) is 4.36. The van der Waals surface area contributed by atoms with Gasteiger partial charge in [-0.15, -0.1) is 0 Å². The van der Waals surface area contributed by atoms with Gasteiger partial charge in [0.15, 0.2) is 0 Å². The van der Waals surface area contributed by atoms with Gasteiger partial charge in [-0.2, -0.15) is 16.6 Å². The first-order valence-corrected chi connectivity index (χ1v) is 5.21. The zero-order valence-electron chi connectivity index (χ0n) is 8.00. The van der Waals surface area contributed by atoms with Crippen molar-refractivity contribution in [3.8, 4) is 6.07 Å². The average Bonchev–Trinajstić information content (AvgIpc) is 2.57. The second-order valence-corrected chi connectivity index (χ2v) is 4.51. The third-order valence-corrected chi connectivity index (χ3v) is 2.51. The van der Waals surface area contributed by atoms with Crippen LogP contribution in [0.2, 0.25) is 0 Å². The van der Waals surface area contributed by atoms with Gasteiger partial charge in [-0.3, -0.25) is 0 Å². The van der Waals surface area contributed by atoms with E-state index in [1.54, 1.807) is 11.3 Å². The van der Waals surface area contributed by atoms with Gasteiger partial charge >= 0.3 is 0 Å². The van der Waals surface area contributed by atoms with E-state index in [-0.39, 0.29) is 5.41 Å². The quantitative estimate of drug-likeness (QED) is 0.799. The molecule has 1 heterocycles. The van der Waals surface area contributed by atoms with Gasteiger partial charge in [0.2, 0.25) is 0 Å². The molecule has 0 bridgehead atoms. The maximum absolute atomic E-state index is 8.76. The molecule has 0 aliphatic carbocycles. The highest BCUT2D eigenvalue weighted by Gasteiger charge is 2.15. The summed E-state index contributed by atoms with van der Waals surface area (Å²) in [4.78, 5) is 0. The lowest BCUT2D eigenvalue weighted by atomic mass is 9.96. The largest absolute Gasteiger partial charge is 0.311 e. The van der Waals surface area contributed by atoms with Crippen LogP contribution >= 0.6 is 11.3 Å². The van der Waals surface area contributed by atoms with E-state index < -0.39 is 0 Å². The monoisotopic (exact) mass is 194 g/mol. The standard InChI is InChI=1S/C10H14N2S/c1-10(2,7-11)8-12-5-9-3-4-13-6-9/h3-4,6,12H,5,8H2,1-2H3. The Bertz CT molecular complexity index is 282. The lowest BCUT2D eigenvalue weighted by Gasteiger charge is -2.15. The summed E-state index contributed by atoms with van der Waals surface area (Å²) in [7, 11) is 0. The molecule has 0 amide bonds. The smallest absolute Gasteiger partial charge is 0.0697 e. The minimum atomic E-state index is -0.268. The molecule has 0 aliphatic heterocycles. The fourth-order valence-corrected chi connectivity index (χ4v) is 1.62. The third-order valence-electron chi connectivity index (χ3n) is 1.78. The molecular weight excluding hydrogens is 180 g/mol. The molecule has 0 radical (unpaired) electrons. The Morgan fingerprint density at radius 2 is 2.38 bits per heavy atom. The summed E-state index contributed by atoms with van der Waals surface area (Å²) >= 11 is 1.70. The first kappa shape index (κ1) is 10.2. The number of nitrogens with one attached hydrogen (secondary N) is 1. The highest BCUT2D eigenvalue weighted by atomic mass is 32.1. The fraction of sp³-hybridized carbons (Fsp3) is 0.500. The molecule has 0 atom stereocenters. The molecule has 0 aromatic carbocycles. The van der Waals surface area contributed by atoms with Gasteiger partial charge in [-0.1, -0.05) is 0 Å². The molecule has 1 aromatic heterocycles. The molecule has 70 valence electrons. The molecule has 1 aromatic rings. The molecule has 1 N–H and O–H groups in total. The molecule has 0 spiro atoms. The van der Waals surface area contributed by atoms with Gasteiger partial charge in [-0.25, -0.2) is 0 Å². The van der Waals surface area contributed by atoms with Gasteiger partial charge in [0.05, 0.1) is 11.5 Å². The van der Waals surface area contributed by atoms with E-state index >= 15 is 0 Å². The van der Waals surface area contributed by atoms with Gasteiger partial charge in [0.25, 0.3) is 0 Å². The van der Waals surface area contributed by atoms with Crippen molar-refractivity contribution < 1.29 is 0 Å². The Morgan fingerprint density at radius 3 is 2.92 bits per heavy atom. The van der Waals surface area contributed by atoms with Gasteiger partial charge < -0.3 is 5.32 Å². The molecule has 0 saturated heterocycles. The lowest BCUT2D eigenvalue weighted by Crippen LogP contribution is -2.27. The molecule has 13 heavy (non-hydrogen) atoms. The van der Waals surface area contributed by atoms with E-state index in [1.807, 2.05) is 13.8 Å². The van der Waals surface area contributed by atoms with Gasteiger partial charge in [-0.05, 0) is 36.2 Å². The molecule has 2 nitrogen and oxygen atoms in total. The van der Waals surface area contributed by atoms with E-state index in [9.17, 15) is 0 Å². The predicted octanol–water partition coefficient (Wildman–Crippen LogP) is 2.39. The summed E-state index contributed by atoms with van der Waals surface area (Å²) in [5.74, 6) is 0. The van der Waals surface area contributed by atoms with Crippen LogP contribution in [0.4, 0.5) is 0 Å². The van der Waals surface area contributed by atoms with Crippen LogP contribution in [0, 0.1) is 16.7 Å². The summed E-state index contributed by atoms with van der Waals surface area (Å²) in [6.45, 7) is 5.47. The van der Waals surface area contributed by atoms with Crippen molar-refractivity contribution in [2.24, 2.45) is 5.41 Å². The van der Waals surface area contributed by atoms with E-state index in [0.29, 0.717) is 0 Å². The van der Waals surface area contributed by atoms with Crippen LogP contribution in [-0.2, 0) is 6.54 Å². The van der Waals surface area contributed by atoms with E-state index in [0.717, 1.165) is 13.1 Å². The number of hydrogen-bond acceptors (Lipinski definition) is 3. The highest BCUT2D eigenvalue weighted by Crippen LogP contribution is 2.11. The molecule has 3 heteroatoms. The molecule has 0 saturated carbocycles. The Kier molecular flexibility index (Phi) is 3.47. The maximum atomic E-state index is 8.76. The molecule has 1 rings (SSSR count). The summed E-state index contributed by atoms with van der Waals surface area (Å²) in [5, 5.41) is 16.2. The van der Waals surface area contributed by atoms with Crippen LogP contribution in [0.15, 0.2) is 16.8 Å². The van der Waals surface area contributed by atoms with Crippen LogP contribution in [-0.4, -0.2) is 6.54 Å². The number of thiophene rings is 1. The minimum Gasteiger partial charge on any atom is -0.311 e. The van der Waals surface area contributed by atoms with Gasteiger partial charge in [0, 0.05) is 13.1 Å². The van der Waals surface area contributed by atoms with E-state index in [2.05, 4.69) is 28.2 Å². The Morgan fingerprint density at radius 1 is 1.62 bits per heavy atom. The summed E-state index contributed by atoms with van der Waals surface area (Å²) < 4.78 is 0. The maximum Gasteiger partial charge on any atom is 0.0697 e. The second kappa shape index (κ2) is 4.40. The second-order valence-electron chi connectivity index (χ2n) is 3.73. The van der Waals surface area contributed by atoms with Crippen molar-refractivity contribution in [1.29, 1.82) is 5.26 Å². The van der Waals surface area contributed by atoms with Crippen LogP contribution in [0.5, 0.6) is 0 Å². The third kappa shape index (κ3) is 3.58. The van der Waals surface area contributed by atoms with Gasteiger partial charge in [0.1, 0.15) is 0 Å². The number of rotatable bonds is 4. The van der Waals surface area contributed by atoms with Crippen LogP contribution in [0.25, 0.3) is 0 Å².